The van der Waals surface area contributed by atoms with Gasteiger partial charge in [0.05, 0.1) is 6.04 Å². The molecule has 0 saturated carbocycles. The summed E-state index contributed by atoms with van der Waals surface area (Å²) in [6, 6.07) is -4.76. The SMILES string of the molecule is CC(C)CC(N)C(=O)NC(C)C(=O)NC(CCC(N)=O)C(=O)NC(CCC(=O)O)C(=O)O. The van der Waals surface area contributed by atoms with Crippen molar-refractivity contribution in [2.45, 2.75) is 77.0 Å². The van der Waals surface area contributed by atoms with Crippen LogP contribution in [0.5, 0.6) is 0 Å². The molecule has 13 nitrogen and oxygen atoms in total. The molecule has 0 fully saturated rings. The van der Waals surface area contributed by atoms with Crippen molar-refractivity contribution >= 4 is 35.6 Å². The molecular weight excluding hydrogens is 426 g/mol. The van der Waals surface area contributed by atoms with Crippen molar-refractivity contribution in [3.63, 3.8) is 0 Å². The Labute approximate surface area is 185 Å². The normalized spacial score (nSPS) is 14.5. The predicted octanol–water partition coefficient (Wildman–Crippen LogP) is -1.95. The number of hydrogen-bond donors (Lipinski definition) is 7. The molecule has 4 unspecified atom stereocenters. The lowest BCUT2D eigenvalue weighted by atomic mass is 10.0. The van der Waals surface area contributed by atoms with Gasteiger partial charge in [0.1, 0.15) is 18.1 Å². The van der Waals surface area contributed by atoms with E-state index in [1.54, 1.807) is 0 Å². The molecule has 0 bridgehead atoms. The fourth-order valence-electron chi connectivity index (χ4n) is 2.65. The van der Waals surface area contributed by atoms with Crippen LogP contribution in [0.4, 0.5) is 0 Å². The van der Waals surface area contributed by atoms with Crippen molar-refractivity contribution in [2.24, 2.45) is 17.4 Å². The molecule has 0 saturated heterocycles. The summed E-state index contributed by atoms with van der Waals surface area (Å²) in [5.41, 5.74) is 10.9. The Kier molecular flexibility index (Phi) is 12.6. The Morgan fingerprint density at radius 2 is 1.31 bits per heavy atom. The summed E-state index contributed by atoms with van der Waals surface area (Å²) in [7, 11) is 0. The first-order valence-electron chi connectivity index (χ1n) is 10.1. The van der Waals surface area contributed by atoms with Crippen LogP contribution in [0.1, 0.15) is 52.9 Å². The zero-order valence-corrected chi connectivity index (χ0v) is 18.4. The molecule has 0 aromatic rings. The van der Waals surface area contributed by atoms with E-state index in [0.717, 1.165) is 0 Å². The van der Waals surface area contributed by atoms with E-state index in [0.29, 0.717) is 6.42 Å². The fraction of sp³-hybridized carbons (Fsp3) is 0.684. The number of carbonyl (C=O) groups excluding carboxylic acids is 4. The minimum atomic E-state index is -1.52. The van der Waals surface area contributed by atoms with E-state index in [1.807, 2.05) is 13.8 Å². The van der Waals surface area contributed by atoms with Crippen LogP contribution in [0.3, 0.4) is 0 Å². The highest BCUT2D eigenvalue weighted by Gasteiger charge is 2.29. The lowest BCUT2D eigenvalue weighted by Crippen LogP contribution is -2.56. The first kappa shape index (κ1) is 28.8. The lowest BCUT2D eigenvalue weighted by molar-refractivity contribution is -0.143. The molecule has 0 aromatic carbocycles. The topological polar surface area (TPSA) is 231 Å². The summed E-state index contributed by atoms with van der Waals surface area (Å²) >= 11 is 0. The summed E-state index contributed by atoms with van der Waals surface area (Å²) in [6.45, 7) is 5.13. The van der Waals surface area contributed by atoms with Crippen LogP contribution in [0.15, 0.2) is 0 Å². The van der Waals surface area contributed by atoms with Gasteiger partial charge in [-0.25, -0.2) is 4.79 Å². The Bertz CT molecular complexity index is 712. The molecule has 0 aliphatic rings. The van der Waals surface area contributed by atoms with Gasteiger partial charge in [0.15, 0.2) is 0 Å². The number of amides is 4. The molecule has 4 amide bonds. The Hall–Kier alpha value is -3.22. The third-order valence-corrected chi connectivity index (χ3v) is 4.39. The molecule has 0 aliphatic carbocycles. The van der Waals surface area contributed by atoms with Gasteiger partial charge in [0, 0.05) is 12.8 Å². The van der Waals surface area contributed by atoms with E-state index >= 15 is 0 Å². The number of hydrogen-bond acceptors (Lipinski definition) is 7. The van der Waals surface area contributed by atoms with Crippen LogP contribution in [-0.2, 0) is 28.8 Å². The van der Waals surface area contributed by atoms with Crippen LogP contribution in [-0.4, -0.2) is 69.9 Å². The zero-order chi connectivity index (χ0) is 25.0. The van der Waals surface area contributed by atoms with E-state index in [4.69, 9.17) is 16.6 Å². The van der Waals surface area contributed by atoms with Crippen LogP contribution in [0, 0.1) is 5.92 Å². The monoisotopic (exact) mass is 459 g/mol. The average Bonchev–Trinajstić information content (AvgIpc) is 2.66. The first-order chi connectivity index (χ1) is 14.7. The van der Waals surface area contributed by atoms with E-state index in [2.05, 4.69) is 16.0 Å². The Morgan fingerprint density at radius 3 is 1.78 bits per heavy atom. The maximum absolute atomic E-state index is 12.5. The van der Waals surface area contributed by atoms with Gasteiger partial charge in [-0.2, -0.15) is 0 Å². The molecule has 13 heteroatoms. The van der Waals surface area contributed by atoms with Crippen molar-refractivity contribution in [3.05, 3.63) is 0 Å². The summed E-state index contributed by atoms with van der Waals surface area (Å²) in [6.07, 6.45) is -1.00. The number of carboxylic acid groups (broad SMARTS) is 2. The van der Waals surface area contributed by atoms with Crippen LogP contribution < -0.4 is 27.4 Å². The number of rotatable bonds is 15. The molecular formula is C19H33N5O8. The summed E-state index contributed by atoms with van der Waals surface area (Å²) < 4.78 is 0. The number of carboxylic acids is 2. The number of nitrogens with one attached hydrogen (secondary N) is 3. The molecule has 4 atom stereocenters. The number of nitrogens with two attached hydrogens (primary N) is 2. The molecule has 0 radical (unpaired) electrons. The number of carbonyl (C=O) groups is 6. The second-order valence-electron chi connectivity index (χ2n) is 7.86. The molecule has 182 valence electrons. The van der Waals surface area contributed by atoms with Gasteiger partial charge in [0.2, 0.25) is 23.6 Å². The zero-order valence-electron chi connectivity index (χ0n) is 18.4. The van der Waals surface area contributed by atoms with Gasteiger partial charge in [-0.15, -0.1) is 0 Å². The van der Waals surface area contributed by atoms with Crippen molar-refractivity contribution in [2.75, 3.05) is 0 Å². The second-order valence-corrected chi connectivity index (χ2v) is 7.86. The van der Waals surface area contributed by atoms with Gasteiger partial charge in [-0.3, -0.25) is 24.0 Å². The highest BCUT2D eigenvalue weighted by molar-refractivity contribution is 5.94. The minimum Gasteiger partial charge on any atom is -0.481 e. The largest absolute Gasteiger partial charge is 0.481 e. The van der Waals surface area contributed by atoms with E-state index in [9.17, 15) is 33.9 Å². The number of primary amides is 1. The second kappa shape index (κ2) is 14.0. The molecule has 0 rings (SSSR count). The van der Waals surface area contributed by atoms with Crippen molar-refractivity contribution < 1.29 is 39.0 Å². The fourth-order valence-corrected chi connectivity index (χ4v) is 2.65. The van der Waals surface area contributed by atoms with Gasteiger partial charge in [0.25, 0.3) is 0 Å². The Balaban J connectivity index is 5.19. The summed E-state index contributed by atoms with van der Waals surface area (Å²) in [5, 5.41) is 24.8. The smallest absolute Gasteiger partial charge is 0.326 e. The standard InChI is InChI=1S/C19H33N5O8/c1-9(2)8-11(20)17(29)22-10(3)16(28)23-12(4-6-14(21)25)18(30)24-13(19(31)32)5-7-15(26)27/h9-13H,4-8,20H2,1-3H3,(H2,21,25)(H,22,29)(H,23,28)(H,24,30)(H,26,27)(H,31,32). The molecule has 0 spiro atoms. The predicted molar refractivity (Wildman–Crippen MR) is 112 cm³/mol. The van der Waals surface area contributed by atoms with Crippen molar-refractivity contribution in [1.29, 1.82) is 0 Å². The summed E-state index contributed by atoms with van der Waals surface area (Å²) in [5.74, 6) is -5.56. The first-order valence-corrected chi connectivity index (χ1v) is 10.1. The van der Waals surface area contributed by atoms with Gasteiger partial charge < -0.3 is 37.6 Å². The minimum absolute atomic E-state index is 0.157. The van der Waals surface area contributed by atoms with Crippen molar-refractivity contribution in [1.82, 2.24) is 16.0 Å². The number of aliphatic carboxylic acids is 2. The molecule has 32 heavy (non-hydrogen) atoms. The Morgan fingerprint density at radius 1 is 0.781 bits per heavy atom. The van der Waals surface area contributed by atoms with E-state index in [1.165, 1.54) is 6.92 Å². The molecule has 0 aliphatic heterocycles. The van der Waals surface area contributed by atoms with E-state index in [-0.39, 0.29) is 25.2 Å². The third kappa shape index (κ3) is 11.8. The van der Waals surface area contributed by atoms with Crippen molar-refractivity contribution in [3.8, 4) is 0 Å². The van der Waals surface area contributed by atoms with E-state index < -0.39 is 66.2 Å². The quantitative estimate of drug-likeness (QED) is 0.144. The van der Waals surface area contributed by atoms with Crippen LogP contribution in [0.25, 0.3) is 0 Å². The highest BCUT2D eigenvalue weighted by Crippen LogP contribution is 2.05. The van der Waals surface area contributed by atoms with Gasteiger partial charge >= 0.3 is 11.9 Å². The molecule has 0 aromatic heterocycles. The molecule has 9 N–H and O–H groups in total. The molecule has 0 heterocycles. The maximum Gasteiger partial charge on any atom is 0.326 e. The third-order valence-electron chi connectivity index (χ3n) is 4.39. The highest BCUT2D eigenvalue weighted by atomic mass is 16.4. The lowest BCUT2D eigenvalue weighted by Gasteiger charge is -2.23. The van der Waals surface area contributed by atoms with Gasteiger partial charge in [-0.1, -0.05) is 13.8 Å². The van der Waals surface area contributed by atoms with Crippen LogP contribution >= 0.6 is 0 Å². The average molecular weight is 460 g/mol. The maximum atomic E-state index is 12.5. The van der Waals surface area contributed by atoms with Crippen LogP contribution in [0.2, 0.25) is 0 Å². The van der Waals surface area contributed by atoms with Gasteiger partial charge in [-0.05, 0) is 32.1 Å². The summed E-state index contributed by atoms with van der Waals surface area (Å²) in [4.78, 5) is 70.2.